The fourth-order valence-electron chi connectivity index (χ4n) is 4.25. The smallest absolute Gasteiger partial charge is 0.311 e. The average Bonchev–Trinajstić information content (AvgIpc) is 3.21. The number of carbonyl (C=O) groups is 2. The van der Waals surface area contributed by atoms with Crippen molar-refractivity contribution in [3.63, 3.8) is 0 Å². The Morgan fingerprint density at radius 2 is 1.84 bits per heavy atom. The van der Waals surface area contributed by atoms with Crippen molar-refractivity contribution in [1.29, 1.82) is 0 Å². The zero-order valence-electron chi connectivity index (χ0n) is 15.2. The van der Waals surface area contributed by atoms with Crippen LogP contribution >= 0.6 is 0 Å². The van der Waals surface area contributed by atoms with Gasteiger partial charge in [0.2, 0.25) is 5.44 Å². The first-order valence-electron chi connectivity index (χ1n) is 9.27. The number of sulfone groups is 1. The molecule has 0 aromatic carbocycles. The molecular formula is C18H28O6S. The van der Waals surface area contributed by atoms with Gasteiger partial charge >= 0.3 is 11.9 Å². The van der Waals surface area contributed by atoms with Crippen LogP contribution in [0, 0.1) is 23.2 Å². The number of ether oxygens (including phenoxy) is 2. The van der Waals surface area contributed by atoms with Crippen LogP contribution in [0.2, 0.25) is 0 Å². The number of hydrogen-bond acceptors (Lipinski definition) is 6. The molecule has 6 nitrogen and oxygen atoms in total. The zero-order valence-corrected chi connectivity index (χ0v) is 16.0. The fourth-order valence-corrected chi connectivity index (χ4v) is 5.84. The van der Waals surface area contributed by atoms with Crippen molar-refractivity contribution in [3.05, 3.63) is 0 Å². The van der Waals surface area contributed by atoms with E-state index in [1.54, 1.807) is 0 Å². The third-order valence-corrected chi connectivity index (χ3v) is 8.26. The third-order valence-electron chi connectivity index (χ3n) is 6.27. The molecular weight excluding hydrogens is 344 g/mol. The molecule has 1 saturated heterocycles. The Hall–Kier alpha value is -1.11. The van der Waals surface area contributed by atoms with E-state index in [1.807, 2.05) is 20.8 Å². The Morgan fingerprint density at radius 1 is 1.12 bits per heavy atom. The van der Waals surface area contributed by atoms with Gasteiger partial charge in [-0.3, -0.25) is 9.59 Å². The predicted molar refractivity (Wildman–Crippen MR) is 91.2 cm³/mol. The number of fused-ring (bicyclic) bond motifs is 2. The monoisotopic (exact) mass is 372 g/mol. The largest absolute Gasteiger partial charge is 0.462 e. The summed E-state index contributed by atoms with van der Waals surface area (Å²) in [6.07, 6.45) is 3.72. The molecule has 2 bridgehead atoms. The van der Waals surface area contributed by atoms with E-state index in [1.165, 1.54) is 0 Å². The minimum atomic E-state index is -3.31. The van der Waals surface area contributed by atoms with Crippen LogP contribution in [0.25, 0.3) is 0 Å². The molecule has 3 fully saturated rings. The summed E-state index contributed by atoms with van der Waals surface area (Å²) >= 11 is 0. The molecule has 2 aliphatic carbocycles. The summed E-state index contributed by atoms with van der Waals surface area (Å²) in [6.45, 7) is 5.67. The van der Waals surface area contributed by atoms with Crippen molar-refractivity contribution in [2.24, 2.45) is 23.2 Å². The highest BCUT2D eigenvalue weighted by atomic mass is 32.2. The quantitative estimate of drug-likeness (QED) is 0.689. The van der Waals surface area contributed by atoms with E-state index >= 15 is 0 Å². The molecule has 1 heterocycles. The molecule has 25 heavy (non-hydrogen) atoms. The van der Waals surface area contributed by atoms with Crippen molar-refractivity contribution >= 4 is 21.8 Å². The Bertz CT molecular complexity index is 652. The van der Waals surface area contributed by atoms with Crippen LogP contribution in [-0.2, 0) is 28.9 Å². The average molecular weight is 372 g/mol. The van der Waals surface area contributed by atoms with Gasteiger partial charge in [-0.25, -0.2) is 8.42 Å². The number of hydrogen-bond donors (Lipinski definition) is 0. The molecule has 0 aromatic heterocycles. The van der Waals surface area contributed by atoms with E-state index in [4.69, 9.17) is 9.47 Å². The lowest BCUT2D eigenvalue weighted by molar-refractivity contribution is -0.168. The summed E-state index contributed by atoms with van der Waals surface area (Å²) in [6, 6.07) is 0. The normalized spacial score (nSPS) is 36.4. The number of esters is 2. The van der Waals surface area contributed by atoms with Crippen LogP contribution < -0.4 is 0 Å². The second-order valence-electron chi connectivity index (χ2n) is 8.40. The van der Waals surface area contributed by atoms with Gasteiger partial charge in [0.15, 0.2) is 9.84 Å². The van der Waals surface area contributed by atoms with Gasteiger partial charge in [0.25, 0.3) is 0 Å². The maximum absolute atomic E-state index is 12.5. The van der Waals surface area contributed by atoms with E-state index in [9.17, 15) is 18.0 Å². The van der Waals surface area contributed by atoms with Crippen molar-refractivity contribution in [2.75, 3.05) is 5.75 Å². The Labute approximate surface area is 149 Å². The minimum Gasteiger partial charge on any atom is -0.462 e. The second-order valence-corrected chi connectivity index (χ2v) is 10.7. The summed E-state index contributed by atoms with van der Waals surface area (Å²) < 4.78 is 34.8. The van der Waals surface area contributed by atoms with Crippen molar-refractivity contribution in [1.82, 2.24) is 0 Å². The highest BCUT2D eigenvalue weighted by Crippen LogP contribution is 2.50. The van der Waals surface area contributed by atoms with Crippen molar-refractivity contribution in [3.8, 4) is 0 Å². The van der Waals surface area contributed by atoms with Gasteiger partial charge in [-0.15, -0.1) is 0 Å². The molecule has 142 valence electrons. The summed E-state index contributed by atoms with van der Waals surface area (Å²) in [4.78, 5) is 24.9. The van der Waals surface area contributed by atoms with Gasteiger partial charge in [-0.1, -0.05) is 6.92 Å². The Morgan fingerprint density at radius 3 is 2.40 bits per heavy atom. The highest BCUT2D eigenvalue weighted by molar-refractivity contribution is 7.92. The van der Waals surface area contributed by atoms with Gasteiger partial charge in [-0.2, -0.15) is 0 Å². The first kappa shape index (κ1) is 18.7. The molecule has 0 amide bonds. The van der Waals surface area contributed by atoms with Gasteiger partial charge < -0.3 is 9.47 Å². The van der Waals surface area contributed by atoms with E-state index in [0.717, 1.165) is 12.8 Å². The molecule has 2 saturated carbocycles. The van der Waals surface area contributed by atoms with Crippen LogP contribution in [0.3, 0.4) is 0 Å². The van der Waals surface area contributed by atoms with Crippen LogP contribution in [0.5, 0.6) is 0 Å². The maximum atomic E-state index is 12.5. The summed E-state index contributed by atoms with van der Waals surface area (Å²) in [5, 5.41) is 0. The molecule has 1 aliphatic heterocycles. The molecule has 0 aromatic rings. The van der Waals surface area contributed by atoms with Crippen LogP contribution in [0.4, 0.5) is 0 Å². The molecule has 3 aliphatic rings. The molecule has 5 atom stereocenters. The predicted octanol–water partition coefficient (Wildman–Crippen LogP) is 2.46. The van der Waals surface area contributed by atoms with Gasteiger partial charge in [0, 0.05) is 5.92 Å². The highest BCUT2D eigenvalue weighted by Gasteiger charge is 2.52. The molecule has 5 unspecified atom stereocenters. The van der Waals surface area contributed by atoms with Crippen molar-refractivity contribution < 1.29 is 27.5 Å². The summed E-state index contributed by atoms with van der Waals surface area (Å²) in [5.41, 5.74) is -1.52. The zero-order chi connectivity index (χ0) is 18.4. The van der Waals surface area contributed by atoms with E-state index in [0.29, 0.717) is 31.6 Å². The van der Waals surface area contributed by atoms with E-state index in [2.05, 4.69) is 0 Å². The summed E-state index contributed by atoms with van der Waals surface area (Å²) in [5.74, 6) is -0.606. The Balaban J connectivity index is 1.63. The lowest BCUT2D eigenvalue weighted by Crippen LogP contribution is -2.38. The van der Waals surface area contributed by atoms with Gasteiger partial charge in [0.05, 0.1) is 17.1 Å². The molecule has 0 N–H and O–H groups in total. The molecule has 0 radical (unpaired) electrons. The van der Waals surface area contributed by atoms with Crippen LogP contribution in [0.15, 0.2) is 0 Å². The molecule has 3 rings (SSSR count). The first-order valence-corrected chi connectivity index (χ1v) is 11.0. The lowest BCUT2D eigenvalue weighted by Gasteiger charge is -2.31. The van der Waals surface area contributed by atoms with E-state index < -0.39 is 26.7 Å². The number of carbonyl (C=O) groups excluding carboxylic acids is 2. The van der Waals surface area contributed by atoms with Crippen LogP contribution in [0.1, 0.15) is 59.3 Å². The molecule has 0 spiro atoms. The lowest BCUT2D eigenvalue weighted by atomic mass is 9.86. The first-order chi connectivity index (χ1) is 11.6. The second kappa shape index (κ2) is 6.56. The summed E-state index contributed by atoms with van der Waals surface area (Å²) in [7, 11) is -3.31. The van der Waals surface area contributed by atoms with Crippen molar-refractivity contribution in [2.45, 2.75) is 70.8 Å². The van der Waals surface area contributed by atoms with Gasteiger partial charge in [-0.05, 0) is 58.3 Å². The number of rotatable bonds is 5. The topological polar surface area (TPSA) is 86.7 Å². The van der Waals surface area contributed by atoms with Gasteiger partial charge in [0.1, 0.15) is 6.10 Å². The standard InChI is InChI=1S/C18H28O6S/c1-4-18(2,3)17(20)23-14-10-11-8-12(14)13(9-11)16(19)24-15-6-5-7-25(15,21)22/h11-15H,4-10H2,1-3H3. The van der Waals surface area contributed by atoms with Crippen LogP contribution in [-0.4, -0.2) is 37.6 Å². The Kier molecular flexibility index (Phi) is 4.90. The minimum absolute atomic E-state index is 0.0433. The third kappa shape index (κ3) is 3.57. The van der Waals surface area contributed by atoms with E-state index in [-0.39, 0.29) is 29.7 Å². The SMILES string of the molecule is CCC(C)(C)C(=O)OC1CC2CC(C(=O)OC3CCCS3(=O)=O)C1C2. The maximum Gasteiger partial charge on any atom is 0.311 e. The molecule has 7 heteroatoms. The fraction of sp³-hybridized carbons (Fsp3) is 0.889.